The maximum Gasteiger partial charge on any atom is 0.155 e. The summed E-state index contributed by atoms with van der Waals surface area (Å²) < 4.78 is 11.5. The molecule has 0 spiro atoms. The predicted molar refractivity (Wildman–Crippen MR) is 99.6 cm³/mol. The summed E-state index contributed by atoms with van der Waals surface area (Å²) in [6.45, 7) is 0. The van der Waals surface area contributed by atoms with E-state index in [1.165, 1.54) is 0 Å². The summed E-state index contributed by atoms with van der Waals surface area (Å²) in [5, 5.41) is 0. The van der Waals surface area contributed by atoms with Gasteiger partial charge < -0.3 is 14.3 Å². The van der Waals surface area contributed by atoms with Crippen LogP contribution in [0.3, 0.4) is 0 Å². The number of fused-ring (bicyclic) bond motifs is 1. The lowest BCUT2D eigenvalue weighted by Crippen LogP contribution is -2.15. The standard InChI is InChI=1S/C21H20N2O3/c1-24-18-6-2-4-15(12-18)20-9-7-16-13-19(8-10-21(16)25-20)26-23-17-5-3-11-22-14-17/h2-6,8,10-14,20,23H,7,9H2,1H3. The molecule has 1 unspecified atom stereocenters. The SMILES string of the molecule is COc1cccc(C2CCc3cc(ONc4cccnc4)ccc3O2)c1. The van der Waals surface area contributed by atoms with E-state index in [0.29, 0.717) is 0 Å². The Balaban J connectivity index is 1.45. The highest BCUT2D eigenvalue weighted by atomic mass is 16.6. The van der Waals surface area contributed by atoms with Gasteiger partial charge in [-0.25, -0.2) is 5.48 Å². The molecule has 0 aliphatic carbocycles. The number of hydrogen-bond donors (Lipinski definition) is 1. The van der Waals surface area contributed by atoms with E-state index < -0.39 is 0 Å². The van der Waals surface area contributed by atoms with E-state index in [4.69, 9.17) is 14.3 Å². The average molecular weight is 348 g/mol. The number of aromatic nitrogens is 1. The molecule has 0 amide bonds. The zero-order chi connectivity index (χ0) is 17.8. The fraction of sp³-hybridized carbons (Fsp3) is 0.190. The van der Waals surface area contributed by atoms with Crippen LogP contribution in [-0.2, 0) is 6.42 Å². The minimum Gasteiger partial charge on any atom is -0.497 e. The number of ether oxygens (including phenoxy) is 2. The highest BCUT2D eigenvalue weighted by Crippen LogP contribution is 2.37. The molecular weight excluding hydrogens is 328 g/mol. The Kier molecular flexibility index (Phi) is 4.60. The Morgan fingerprint density at radius 1 is 1.08 bits per heavy atom. The number of anilines is 1. The number of benzene rings is 2. The molecule has 1 aliphatic heterocycles. The van der Waals surface area contributed by atoms with E-state index in [9.17, 15) is 0 Å². The molecule has 0 fully saturated rings. The molecule has 0 saturated heterocycles. The van der Waals surface area contributed by atoms with E-state index in [1.54, 1.807) is 19.5 Å². The minimum absolute atomic E-state index is 0.0397. The molecule has 5 heteroatoms. The van der Waals surface area contributed by atoms with E-state index >= 15 is 0 Å². The normalized spacial score (nSPS) is 15.5. The second-order valence-electron chi connectivity index (χ2n) is 6.14. The van der Waals surface area contributed by atoms with Gasteiger partial charge in [0, 0.05) is 6.20 Å². The van der Waals surface area contributed by atoms with Crippen molar-refractivity contribution in [3.05, 3.63) is 78.1 Å². The molecule has 1 aromatic heterocycles. The van der Waals surface area contributed by atoms with Crippen molar-refractivity contribution in [3.8, 4) is 17.2 Å². The summed E-state index contributed by atoms with van der Waals surface area (Å²) in [7, 11) is 1.68. The van der Waals surface area contributed by atoms with Gasteiger partial charge in [0.15, 0.2) is 5.75 Å². The van der Waals surface area contributed by atoms with Gasteiger partial charge in [0.2, 0.25) is 0 Å². The van der Waals surface area contributed by atoms with Crippen LogP contribution in [0.2, 0.25) is 0 Å². The van der Waals surface area contributed by atoms with Crippen LogP contribution in [0.25, 0.3) is 0 Å². The summed E-state index contributed by atoms with van der Waals surface area (Å²) >= 11 is 0. The first-order chi connectivity index (χ1) is 12.8. The van der Waals surface area contributed by atoms with Crippen LogP contribution >= 0.6 is 0 Å². The maximum absolute atomic E-state index is 6.19. The van der Waals surface area contributed by atoms with Crippen molar-refractivity contribution in [1.82, 2.24) is 4.98 Å². The van der Waals surface area contributed by atoms with Gasteiger partial charge in [0.1, 0.15) is 17.6 Å². The third-order valence-corrected chi connectivity index (χ3v) is 4.39. The molecule has 1 atom stereocenters. The van der Waals surface area contributed by atoms with Crippen molar-refractivity contribution in [2.45, 2.75) is 18.9 Å². The molecule has 2 heterocycles. The summed E-state index contributed by atoms with van der Waals surface area (Å²) in [6, 6.07) is 17.7. The molecule has 5 nitrogen and oxygen atoms in total. The minimum atomic E-state index is 0.0397. The number of methoxy groups -OCH3 is 1. The highest BCUT2D eigenvalue weighted by Gasteiger charge is 2.22. The van der Waals surface area contributed by atoms with Crippen molar-refractivity contribution >= 4 is 5.69 Å². The van der Waals surface area contributed by atoms with Crippen LogP contribution < -0.4 is 19.8 Å². The molecule has 26 heavy (non-hydrogen) atoms. The number of aryl methyl sites for hydroxylation is 1. The quantitative estimate of drug-likeness (QED) is 0.685. The maximum atomic E-state index is 6.19. The van der Waals surface area contributed by atoms with E-state index in [-0.39, 0.29) is 6.10 Å². The van der Waals surface area contributed by atoms with Crippen LogP contribution in [0.4, 0.5) is 5.69 Å². The monoisotopic (exact) mass is 348 g/mol. The zero-order valence-corrected chi connectivity index (χ0v) is 14.5. The summed E-state index contributed by atoms with van der Waals surface area (Å²) in [5.74, 6) is 2.50. The van der Waals surface area contributed by atoms with Gasteiger partial charge in [-0.1, -0.05) is 12.1 Å². The van der Waals surface area contributed by atoms with Crippen LogP contribution in [0, 0.1) is 0 Å². The summed E-state index contributed by atoms with van der Waals surface area (Å²) in [5.41, 5.74) is 5.98. The Bertz CT molecular complexity index is 883. The fourth-order valence-electron chi connectivity index (χ4n) is 3.05. The van der Waals surface area contributed by atoms with Gasteiger partial charge in [-0.3, -0.25) is 4.98 Å². The van der Waals surface area contributed by atoms with Crippen LogP contribution in [0.5, 0.6) is 17.2 Å². The smallest absolute Gasteiger partial charge is 0.155 e. The number of hydrogen-bond acceptors (Lipinski definition) is 5. The van der Waals surface area contributed by atoms with E-state index in [2.05, 4.69) is 16.5 Å². The summed E-state index contributed by atoms with van der Waals surface area (Å²) in [4.78, 5) is 9.68. The van der Waals surface area contributed by atoms with Crippen molar-refractivity contribution in [1.29, 1.82) is 0 Å². The third-order valence-electron chi connectivity index (χ3n) is 4.39. The molecule has 0 radical (unpaired) electrons. The number of nitrogens with zero attached hydrogens (tertiary/aromatic N) is 1. The first-order valence-corrected chi connectivity index (χ1v) is 8.58. The lowest BCUT2D eigenvalue weighted by molar-refractivity contribution is 0.176. The van der Waals surface area contributed by atoms with Crippen molar-refractivity contribution < 1.29 is 14.3 Å². The molecule has 3 aromatic rings. The first kappa shape index (κ1) is 16.3. The van der Waals surface area contributed by atoms with Gasteiger partial charge >= 0.3 is 0 Å². The Labute approximate surface area is 152 Å². The molecule has 132 valence electrons. The Morgan fingerprint density at radius 2 is 2.04 bits per heavy atom. The lowest BCUT2D eigenvalue weighted by Gasteiger charge is -2.27. The van der Waals surface area contributed by atoms with Crippen LogP contribution in [0.1, 0.15) is 23.7 Å². The van der Waals surface area contributed by atoms with E-state index in [1.807, 2.05) is 48.5 Å². The number of rotatable bonds is 5. The number of pyridine rings is 1. The Morgan fingerprint density at radius 3 is 2.88 bits per heavy atom. The molecule has 2 aromatic carbocycles. The lowest BCUT2D eigenvalue weighted by atomic mass is 9.97. The van der Waals surface area contributed by atoms with Crippen molar-refractivity contribution in [2.24, 2.45) is 0 Å². The van der Waals surface area contributed by atoms with E-state index in [0.717, 1.165) is 46.9 Å². The van der Waals surface area contributed by atoms with Gasteiger partial charge in [0.05, 0.1) is 19.0 Å². The van der Waals surface area contributed by atoms with Gasteiger partial charge in [-0.15, -0.1) is 0 Å². The molecule has 1 aliphatic rings. The first-order valence-electron chi connectivity index (χ1n) is 8.58. The second-order valence-corrected chi connectivity index (χ2v) is 6.14. The molecule has 4 rings (SSSR count). The molecule has 0 saturated carbocycles. The molecule has 1 N–H and O–H groups in total. The topological polar surface area (TPSA) is 52.6 Å². The van der Waals surface area contributed by atoms with Crippen LogP contribution in [0.15, 0.2) is 67.0 Å². The van der Waals surface area contributed by atoms with Crippen molar-refractivity contribution in [2.75, 3.05) is 12.6 Å². The molecular formula is C21H20N2O3. The van der Waals surface area contributed by atoms with Gasteiger partial charge in [-0.05, 0) is 66.4 Å². The van der Waals surface area contributed by atoms with Gasteiger partial charge in [-0.2, -0.15) is 0 Å². The second kappa shape index (κ2) is 7.35. The fourth-order valence-corrected chi connectivity index (χ4v) is 3.05. The molecule has 0 bridgehead atoms. The van der Waals surface area contributed by atoms with Crippen molar-refractivity contribution in [3.63, 3.8) is 0 Å². The predicted octanol–water partition coefficient (Wildman–Crippen LogP) is 4.56. The Hall–Kier alpha value is -3.21. The number of nitrogens with one attached hydrogen (secondary N) is 1. The van der Waals surface area contributed by atoms with Gasteiger partial charge in [0.25, 0.3) is 0 Å². The average Bonchev–Trinajstić information content (AvgIpc) is 2.72. The van der Waals surface area contributed by atoms with Crippen LogP contribution in [-0.4, -0.2) is 12.1 Å². The largest absolute Gasteiger partial charge is 0.497 e. The zero-order valence-electron chi connectivity index (χ0n) is 14.5. The highest BCUT2D eigenvalue weighted by molar-refractivity contribution is 5.44. The third kappa shape index (κ3) is 3.57. The summed E-state index contributed by atoms with van der Waals surface area (Å²) in [6.07, 6.45) is 5.32.